The lowest BCUT2D eigenvalue weighted by Crippen LogP contribution is -2.44. The number of rotatable bonds is 6. The Labute approximate surface area is 174 Å². The van der Waals surface area contributed by atoms with Gasteiger partial charge in [0.15, 0.2) is 9.84 Å². The van der Waals surface area contributed by atoms with Crippen molar-refractivity contribution in [2.24, 2.45) is 0 Å². The van der Waals surface area contributed by atoms with Gasteiger partial charge in [-0.05, 0) is 43.2 Å². The van der Waals surface area contributed by atoms with Gasteiger partial charge < -0.3 is 15.0 Å². The maximum absolute atomic E-state index is 12.6. The van der Waals surface area contributed by atoms with E-state index in [-0.39, 0.29) is 16.5 Å². The SMILES string of the molecule is COc1ccc(N2CCC(NC(=O)c3cc([N+](=O)[O-])cc(S(C)(=O)=O)c3)CC2)cc1. The van der Waals surface area contributed by atoms with Crippen LogP contribution in [0.2, 0.25) is 0 Å². The number of carbonyl (C=O) groups excluding carboxylic acids is 1. The van der Waals surface area contributed by atoms with E-state index in [4.69, 9.17) is 4.74 Å². The summed E-state index contributed by atoms with van der Waals surface area (Å²) in [4.78, 5) is 25.0. The fraction of sp³-hybridized carbons (Fsp3) is 0.350. The first-order chi connectivity index (χ1) is 14.2. The number of sulfone groups is 1. The molecule has 3 rings (SSSR count). The number of nitro groups is 1. The molecule has 160 valence electrons. The summed E-state index contributed by atoms with van der Waals surface area (Å²) in [7, 11) is -2.08. The highest BCUT2D eigenvalue weighted by Crippen LogP contribution is 2.24. The number of hydrogen-bond donors (Lipinski definition) is 1. The molecule has 0 saturated carbocycles. The van der Waals surface area contributed by atoms with Crippen molar-refractivity contribution in [1.82, 2.24) is 5.32 Å². The van der Waals surface area contributed by atoms with Gasteiger partial charge in [0.1, 0.15) is 5.75 Å². The highest BCUT2D eigenvalue weighted by atomic mass is 32.2. The fourth-order valence-electron chi connectivity index (χ4n) is 3.38. The van der Waals surface area contributed by atoms with Crippen molar-refractivity contribution in [3.63, 3.8) is 0 Å². The Bertz CT molecular complexity index is 1040. The molecule has 1 amide bonds. The topological polar surface area (TPSA) is 119 Å². The summed E-state index contributed by atoms with van der Waals surface area (Å²) < 4.78 is 28.8. The van der Waals surface area contributed by atoms with E-state index in [1.165, 1.54) is 6.07 Å². The van der Waals surface area contributed by atoms with E-state index >= 15 is 0 Å². The van der Waals surface area contributed by atoms with Gasteiger partial charge in [-0.25, -0.2) is 8.42 Å². The third kappa shape index (κ3) is 5.07. The van der Waals surface area contributed by atoms with Crippen molar-refractivity contribution < 1.29 is 22.9 Å². The molecule has 2 aromatic carbocycles. The summed E-state index contributed by atoms with van der Waals surface area (Å²) in [5.74, 6) is 0.262. The minimum atomic E-state index is -3.69. The first kappa shape index (κ1) is 21.6. The van der Waals surface area contributed by atoms with Gasteiger partial charge in [-0.15, -0.1) is 0 Å². The number of anilines is 1. The van der Waals surface area contributed by atoms with Crippen LogP contribution in [0.5, 0.6) is 5.75 Å². The Hall–Kier alpha value is -3.14. The van der Waals surface area contributed by atoms with Crippen LogP contribution in [0.4, 0.5) is 11.4 Å². The van der Waals surface area contributed by atoms with Gasteiger partial charge in [0.2, 0.25) is 0 Å². The van der Waals surface area contributed by atoms with E-state index in [9.17, 15) is 23.3 Å². The number of piperidine rings is 1. The van der Waals surface area contributed by atoms with Gasteiger partial charge in [0.25, 0.3) is 11.6 Å². The Morgan fingerprint density at radius 2 is 1.80 bits per heavy atom. The van der Waals surface area contributed by atoms with Gasteiger partial charge in [0.05, 0.1) is 16.9 Å². The van der Waals surface area contributed by atoms with Crippen molar-refractivity contribution in [1.29, 1.82) is 0 Å². The van der Waals surface area contributed by atoms with Crippen molar-refractivity contribution in [2.45, 2.75) is 23.8 Å². The average Bonchev–Trinajstić information content (AvgIpc) is 2.73. The molecule has 0 aliphatic carbocycles. The van der Waals surface area contributed by atoms with E-state index in [0.29, 0.717) is 12.8 Å². The monoisotopic (exact) mass is 433 g/mol. The minimum absolute atomic E-state index is 0.0396. The third-order valence-electron chi connectivity index (χ3n) is 5.06. The number of non-ortho nitro benzene ring substituents is 1. The molecule has 1 aliphatic heterocycles. The number of methoxy groups -OCH3 is 1. The van der Waals surface area contributed by atoms with E-state index < -0.39 is 26.4 Å². The van der Waals surface area contributed by atoms with Crippen LogP contribution in [0.3, 0.4) is 0 Å². The lowest BCUT2D eigenvalue weighted by molar-refractivity contribution is -0.385. The molecule has 0 radical (unpaired) electrons. The van der Waals surface area contributed by atoms with Crippen LogP contribution < -0.4 is 15.0 Å². The molecular weight excluding hydrogens is 410 g/mol. The van der Waals surface area contributed by atoms with Crippen LogP contribution in [-0.2, 0) is 9.84 Å². The summed E-state index contributed by atoms with van der Waals surface area (Å²) in [6, 6.07) is 10.9. The Morgan fingerprint density at radius 3 is 2.33 bits per heavy atom. The number of hydrogen-bond acceptors (Lipinski definition) is 7. The zero-order valence-corrected chi connectivity index (χ0v) is 17.5. The summed E-state index contributed by atoms with van der Waals surface area (Å²) in [6.07, 6.45) is 2.35. The second kappa shape index (κ2) is 8.70. The van der Waals surface area contributed by atoms with Gasteiger partial charge in [-0.1, -0.05) is 0 Å². The second-order valence-electron chi connectivity index (χ2n) is 7.18. The molecule has 30 heavy (non-hydrogen) atoms. The van der Waals surface area contributed by atoms with Crippen molar-refractivity contribution in [3.05, 3.63) is 58.1 Å². The fourth-order valence-corrected chi connectivity index (χ4v) is 4.05. The highest BCUT2D eigenvalue weighted by molar-refractivity contribution is 7.90. The van der Waals surface area contributed by atoms with Gasteiger partial charge in [-0.3, -0.25) is 14.9 Å². The Balaban J connectivity index is 1.67. The number of benzene rings is 2. The zero-order valence-electron chi connectivity index (χ0n) is 16.7. The predicted molar refractivity (Wildman–Crippen MR) is 112 cm³/mol. The van der Waals surface area contributed by atoms with Crippen molar-refractivity contribution >= 4 is 27.1 Å². The van der Waals surface area contributed by atoms with E-state index in [1.54, 1.807) is 7.11 Å². The maximum Gasteiger partial charge on any atom is 0.271 e. The highest BCUT2D eigenvalue weighted by Gasteiger charge is 2.24. The van der Waals surface area contributed by atoms with E-state index in [2.05, 4.69) is 10.2 Å². The largest absolute Gasteiger partial charge is 0.497 e. The molecule has 1 saturated heterocycles. The number of nitrogens with one attached hydrogen (secondary N) is 1. The standard InChI is InChI=1S/C20H23N3O6S/c1-29-18-5-3-16(4-6-18)22-9-7-15(8-10-22)21-20(24)14-11-17(23(25)26)13-19(12-14)30(2,27)28/h3-6,11-13,15H,7-10H2,1-2H3,(H,21,24). The van der Waals surface area contributed by atoms with Crippen LogP contribution in [0.1, 0.15) is 23.2 Å². The molecule has 0 atom stereocenters. The van der Waals surface area contributed by atoms with Crippen LogP contribution in [0.15, 0.2) is 47.4 Å². The number of nitrogens with zero attached hydrogens (tertiary/aromatic N) is 2. The lowest BCUT2D eigenvalue weighted by Gasteiger charge is -2.34. The van der Waals surface area contributed by atoms with Gasteiger partial charge >= 0.3 is 0 Å². The molecule has 9 nitrogen and oxygen atoms in total. The van der Waals surface area contributed by atoms with E-state index in [0.717, 1.165) is 42.9 Å². The quantitative estimate of drug-likeness (QED) is 0.549. The van der Waals surface area contributed by atoms with Crippen LogP contribution in [0, 0.1) is 10.1 Å². The molecule has 0 bridgehead atoms. The normalized spacial score (nSPS) is 14.9. The number of carbonyl (C=O) groups is 1. The van der Waals surface area contributed by atoms with Crippen LogP contribution >= 0.6 is 0 Å². The molecule has 0 spiro atoms. The zero-order chi connectivity index (χ0) is 21.9. The van der Waals surface area contributed by atoms with Crippen LogP contribution in [-0.4, -0.2) is 51.7 Å². The Kier molecular flexibility index (Phi) is 6.25. The minimum Gasteiger partial charge on any atom is -0.497 e. The predicted octanol–water partition coefficient (Wildman–Crippen LogP) is 2.41. The molecule has 0 aromatic heterocycles. The molecular formula is C20H23N3O6S. The maximum atomic E-state index is 12.6. The summed E-state index contributed by atoms with van der Waals surface area (Å²) in [5.41, 5.74) is 0.594. The molecule has 10 heteroatoms. The molecule has 1 N–H and O–H groups in total. The first-order valence-corrected chi connectivity index (χ1v) is 11.3. The summed E-state index contributed by atoms with van der Waals surface area (Å²) in [5, 5.41) is 14.0. The number of nitro benzene ring substituents is 1. The van der Waals surface area contributed by atoms with Crippen LogP contribution in [0.25, 0.3) is 0 Å². The number of ether oxygens (including phenoxy) is 1. The summed E-state index contributed by atoms with van der Waals surface area (Å²) in [6.45, 7) is 1.47. The van der Waals surface area contributed by atoms with Crippen molar-refractivity contribution in [3.8, 4) is 5.75 Å². The average molecular weight is 433 g/mol. The molecule has 1 fully saturated rings. The number of amides is 1. The van der Waals surface area contributed by atoms with Gasteiger partial charge in [0, 0.05) is 48.8 Å². The van der Waals surface area contributed by atoms with E-state index in [1.807, 2.05) is 24.3 Å². The van der Waals surface area contributed by atoms with Gasteiger partial charge in [-0.2, -0.15) is 0 Å². The molecule has 0 unspecified atom stereocenters. The lowest BCUT2D eigenvalue weighted by atomic mass is 10.0. The molecule has 1 aliphatic rings. The second-order valence-corrected chi connectivity index (χ2v) is 9.19. The molecule has 1 heterocycles. The smallest absolute Gasteiger partial charge is 0.271 e. The first-order valence-electron chi connectivity index (χ1n) is 9.37. The summed E-state index contributed by atoms with van der Waals surface area (Å²) >= 11 is 0. The van der Waals surface area contributed by atoms with Crippen molar-refractivity contribution in [2.75, 3.05) is 31.4 Å². The third-order valence-corrected chi connectivity index (χ3v) is 6.15. The Morgan fingerprint density at radius 1 is 1.17 bits per heavy atom. The molecule has 2 aromatic rings.